The van der Waals surface area contributed by atoms with Crippen molar-refractivity contribution in [3.8, 4) is 0 Å². The molecule has 0 spiro atoms. The Labute approximate surface area is 127 Å². The summed E-state index contributed by atoms with van der Waals surface area (Å²) in [5, 5.41) is 14.7. The second kappa shape index (κ2) is 6.77. The van der Waals surface area contributed by atoms with E-state index in [1.54, 1.807) is 0 Å². The van der Waals surface area contributed by atoms with Gasteiger partial charge in [0, 0.05) is 12.6 Å². The lowest BCUT2D eigenvalue weighted by Gasteiger charge is -2.36. The summed E-state index contributed by atoms with van der Waals surface area (Å²) in [4.78, 5) is 4.64. The minimum Gasteiger partial charge on any atom is -0.396 e. The van der Waals surface area contributed by atoms with Gasteiger partial charge in [-0.2, -0.15) is 5.10 Å². The summed E-state index contributed by atoms with van der Waals surface area (Å²) in [6, 6.07) is 0.675. The predicted molar refractivity (Wildman–Crippen MR) is 85.3 cm³/mol. The van der Waals surface area contributed by atoms with E-state index in [-0.39, 0.29) is 0 Å². The van der Waals surface area contributed by atoms with Crippen molar-refractivity contribution in [2.75, 3.05) is 39.5 Å². The first kappa shape index (κ1) is 16.3. The molecule has 1 aliphatic rings. The van der Waals surface area contributed by atoms with Crippen LogP contribution in [-0.4, -0.2) is 70.6 Å². The van der Waals surface area contributed by atoms with Crippen LogP contribution in [0, 0.1) is 13.8 Å². The van der Waals surface area contributed by atoms with E-state index in [9.17, 15) is 5.11 Å². The van der Waals surface area contributed by atoms with Crippen LogP contribution in [0.3, 0.4) is 0 Å². The van der Waals surface area contributed by atoms with Crippen LogP contribution in [0.2, 0.25) is 0 Å². The molecule has 0 amide bonds. The van der Waals surface area contributed by atoms with Crippen molar-refractivity contribution in [3.63, 3.8) is 0 Å². The molecule has 3 N–H and O–H groups in total. The molecule has 6 heteroatoms. The third-order valence-electron chi connectivity index (χ3n) is 4.58. The Hall–Kier alpha value is -1.11. The second-order valence-corrected chi connectivity index (χ2v) is 6.42. The highest BCUT2D eigenvalue weighted by molar-refractivity contribution is 5.46. The standard InChI is InChI=1S/C15H29N5O/c1-11-15(16)12(2)20(17-11)10-14(21)9-19-7-5-13(6-8-19)18(3)4/h13-14,21H,5-10,16H2,1-4H3. The molecule has 2 rings (SSSR count). The normalized spacial score (nSPS) is 19.3. The molecule has 120 valence electrons. The number of hydrogen-bond acceptors (Lipinski definition) is 5. The van der Waals surface area contributed by atoms with E-state index >= 15 is 0 Å². The number of aliphatic hydroxyl groups excluding tert-OH is 1. The highest BCUT2D eigenvalue weighted by Crippen LogP contribution is 2.17. The molecule has 2 heterocycles. The molecular weight excluding hydrogens is 266 g/mol. The molecule has 0 radical (unpaired) electrons. The molecule has 1 saturated heterocycles. The van der Waals surface area contributed by atoms with Crippen LogP contribution in [-0.2, 0) is 6.54 Å². The van der Waals surface area contributed by atoms with Crippen molar-refractivity contribution in [1.29, 1.82) is 0 Å². The number of nitrogen functional groups attached to an aromatic ring is 1. The van der Waals surface area contributed by atoms with Gasteiger partial charge in [-0.15, -0.1) is 0 Å². The van der Waals surface area contributed by atoms with Crippen molar-refractivity contribution in [2.45, 2.75) is 45.4 Å². The highest BCUT2D eigenvalue weighted by atomic mass is 16.3. The van der Waals surface area contributed by atoms with Gasteiger partial charge in [-0.25, -0.2) is 0 Å². The summed E-state index contributed by atoms with van der Waals surface area (Å²) in [5.74, 6) is 0. The Balaban J connectivity index is 1.82. The lowest BCUT2D eigenvalue weighted by atomic mass is 10.0. The number of nitrogens with two attached hydrogens (primary N) is 1. The van der Waals surface area contributed by atoms with E-state index < -0.39 is 6.10 Å². The second-order valence-electron chi connectivity index (χ2n) is 6.42. The van der Waals surface area contributed by atoms with Gasteiger partial charge in [0.1, 0.15) is 0 Å². The zero-order chi connectivity index (χ0) is 15.6. The molecule has 1 atom stereocenters. The number of anilines is 1. The minimum absolute atomic E-state index is 0.404. The lowest BCUT2D eigenvalue weighted by Crippen LogP contribution is -2.45. The van der Waals surface area contributed by atoms with Crippen LogP contribution in [0.5, 0.6) is 0 Å². The Bertz CT molecular complexity index is 463. The third kappa shape index (κ3) is 3.96. The zero-order valence-electron chi connectivity index (χ0n) is 13.7. The fourth-order valence-corrected chi connectivity index (χ4v) is 3.06. The van der Waals surface area contributed by atoms with Crippen LogP contribution in [0.1, 0.15) is 24.2 Å². The van der Waals surface area contributed by atoms with Gasteiger partial charge in [-0.3, -0.25) is 4.68 Å². The van der Waals surface area contributed by atoms with Crippen molar-refractivity contribution in [2.24, 2.45) is 0 Å². The van der Waals surface area contributed by atoms with Crippen molar-refractivity contribution in [3.05, 3.63) is 11.4 Å². The van der Waals surface area contributed by atoms with Gasteiger partial charge < -0.3 is 20.6 Å². The molecule has 21 heavy (non-hydrogen) atoms. The number of rotatable bonds is 5. The van der Waals surface area contributed by atoms with E-state index in [1.807, 2.05) is 18.5 Å². The first-order chi connectivity index (χ1) is 9.88. The fraction of sp³-hybridized carbons (Fsp3) is 0.800. The van der Waals surface area contributed by atoms with E-state index in [1.165, 1.54) is 12.8 Å². The van der Waals surface area contributed by atoms with Crippen LogP contribution < -0.4 is 5.73 Å². The maximum absolute atomic E-state index is 10.3. The van der Waals surface area contributed by atoms with Crippen molar-refractivity contribution >= 4 is 5.69 Å². The molecule has 1 aliphatic heterocycles. The molecule has 6 nitrogen and oxygen atoms in total. The molecule has 0 saturated carbocycles. The molecule has 0 aliphatic carbocycles. The van der Waals surface area contributed by atoms with Crippen LogP contribution in [0.25, 0.3) is 0 Å². The minimum atomic E-state index is -0.404. The number of nitrogens with zero attached hydrogens (tertiary/aromatic N) is 4. The quantitative estimate of drug-likeness (QED) is 0.826. The topological polar surface area (TPSA) is 70.5 Å². The number of aromatic nitrogens is 2. The number of aliphatic hydroxyl groups is 1. The van der Waals surface area contributed by atoms with Crippen molar-refractivity contribution in [1.82, 2.24) is 19.6 Å². The molecule has 0 bridgehead atoms. The largest absolute Gasteiger partial charge is 0.396 e. The SMILES string of the molecule is Cc1nn(CC(O)CN2CCC(N(C)C)CC2)c(C)c1N. The summed E-state index contributed by atoms with van der Waals surface area (Å²) in [5.41, 5.74) is 8.44. The van der Waals surface area contributed by atoms with E-state index in [2.05, 4.69) is 29.0 Å². The van der Waals surface area contributed by atoms with Gasteiger partial charge in [0.05, 0.1) is 29.7 Å². The summed E-state index contributed by atoms with van der Waals surface area (Å²) in [7, 11) is 4.28. The average Bonchev–Trinajstić information content (AvgIpc) is 2.67. The smallest absolute Gasteiger partial charge is 0.0862 e. The highest BCUT2D eigenvalue weighted by Gasteiger charge is 2.22. The first-order valence-corrected chi connectivity index (χ1v) is 7.74. The van der Waals surface area contributed by atoms with Gasteiger partial charge in [0.15, 0.2) is 0 Å². The average molecular weight is 295 g/mol. The number of piperidine rings is 1. The molecule has 1 unspecified atom stereocenters. The van der Waals surface area contributed by atoms with Crippen LogP contribution >= 0.6 is 0 Å². The summed E-state index contributed by atoms with van der Waals surface area (Å²) >= 11 is 0. The third-order valence-corrected chi connectivity index (χ3v) is 4.58. The Morgan fingerprint density at radius 3 is 2.38 bits per heavy atom. The molecule has 1 aromatic heterocycles. The monoisotopic (exact) mass is 295 g/mol. The fourth-order valence-electron chi connectivity index (χ4n) is 3.06. The van der Waals surface area contributed by atoms with Crippen molar-refractivity contribution < 1.29 is 5.11 Å². The van der Waals surface area contributed by atoms with Crippen LogP contribution in [0.4, 0.5) is 5.69 Å². The number of aryl methyl sites for hydroxylation is 1. The van der Waals surface area contributed by atoms with Gasteiger partial charge in [-0.05, 0) is 53.9 Å². The number of likely N-dealkylation sites (tertiary alicyclic amines) is 1. The van der Waals surface area contributed by atoms with E-state index in [0.29, 0.717) is 19.1 Å². The Morgan fingerprint density at radius 1 is 1.29 bits per heavy atom. The zero-order valence-corrected chi connectivity index (χ0v) is 13.7. The maximum Gasteiger partial charge on any atom is 0.0862 e. The maximum atomic E-state index is 10.3. The van der Waals surface area contributed by atoms with Gasteiger partial charge in [0.2, 0.25) is 0 Å². The van der Waals surface area contributed by atoms with E-state index in [4.69, 9.17) is 5.73 Å². The Morgan fingerprint density at radius 2 is 1.90 bits per heavy atom. The molecule has 1 aromatic rings. The molecular formula is C15H29N5O. The number of hydrogen-bond donors (Lipinski definition) is 2. The first-order valence-electron chi connectivity index (χ1n) is 7.74. The Kier molecular flexibility index (Phi) is 5.24. The lowest BCUT2D eigenvalue weighted by molar-refractivity contribution is 0.0683. The van der Waals surface area contributed by atoms with E-state index in [0.717, 1.165) is 30.2 Å². The summed E-state index contributed by atoms with van der Waals surface area (Å²) in [6.45, 7) is 7.18. The van der Waals surface area contributed by atoms with Gasteiger partial charge in [0.25, 0.3) is 0 Å². The summed E-state index contributed by atoms with van der Waals surface area (Å²) in [6.07, 6.45) is 1.94. The van der Waals surface area contributed by atoms with Gasteiger partial charge >= 0.3 is 0 Å². The molecule has 0 aromatic carbocycles. The van der Waals surface area contributed by atoms with Gasteiger partial charge in [-0.1, -0.05) is 0 Å². The van der Waals surface area contributed by atoms with Crippen LogP contribution in [0.15, 0.2) is 0 Å². The molecule has 1 fully saturated rings. The summed E-state index contributed by atoms with van der Waals surface area (Å²) < 4.78 is 1.82. The number of β-amino-alcohol motifs (C(OH)–C–C–N with tert-alkyl or cyclic N) is 1. The predicted octanol–water partition coefficient (Wildman–Crippen LogP) is 0.469.